The number of rotatable bonds is 6. The number of carbonyl (C=O) groups is 2. The molecule has 0 aliphatic heterocycles. The minimum absolute atomic E-state index is 0.0944. The maximum Gasteiger partial charge on any atom is 0.326 e. The molecule has 1 amide bonds. The highest BCUT2D eigenvalue weighted by Gasteiger charge is 2.22. The van der Waals surface area contributed by atoms with Gasteiger partial charge >= 0.3 is 5.97 Å². The molecular formula is C12H23NO3. The fraction of sp³-hybridized carbons (Fsp3) is 0.833. The van der Waals surface area contributed by atoms with Crippen LogP contribution in [0.1, 0.15) is 40.5 Å². The first-order chi connectivity index (χ1) is 7.25. The smallest absolute Gasteiger partial charge is 0.326 e. The monoisotopic (exact) mass is 229 g/mol. The fourth-order valence-corrected chi connectivity index (χ4v) is 1.71. The van der Waals surface area contributed by atoms with Crippen molar-refractivity contribution in [2.45, 2.75) is 46.6 Å². The van der Waals surface area contributed by atoms with E-state index in [1.54, 1.807) is 7.05 Å². The van der Waals surface area contributed by atoms with E-state index in [0.29, 0.717) is 18.3 Å². The molecule has 0 aromatic heterocycles. The van der Waals surface area contributed by atoms with E-state index in [2.05, 4.69) is 13.8 Å². The number of nitrogens with zero attached hydrogens (tertiary/aromatic N) is 1. The third kappa shape index (κ3) is 5.14. The number of amides is 1. The molecule has 0 saturated heterocycles. The summed E-state index contributed by atoms with van der Waals surface area (Å²) in [5.41, 5.74) is 0. The Balaban J connectivity index is 4.20. The number of carbonyl (C=O) groups excluding carboxylic acids is 1. The average molecular weight is 229 g/mol. The molecule has 0 aliphatic carbocycles. The number of hydrogen-bond donors (Lipinski definition) is 1. The third-order valence-corrected chi connectivity index (χ3v) is 2.73. The quantitative estimate of drug-likeness (QED) is 0.757. The Morgan fingerprint density at radius 3 is 2.06 bits per heavy atom. The lowest BCUT2D eigenvalue weighted by molar-refractivity contribution is -0.148. The molecule has 0 bridgehead atoms. The number of likely N-dealkylation sites (N-methyl/N-ethyl adjacent to an activating group) is 1. The van der Waals surface area contributed by atoms with Crippen molar-refractivity contribution in [1.29, 1.82) is 0 Å². The Morgan fingerprint density at radius 1 is 1.19 bits per heavy atom. The minimum Gasteiger partial charge on any atom is -0.480 e. The van der Waals surface area contributed by atoms with Crippen LogP contribution in [0.15, 0.2) is 0 Å². The van der Waals surface area contributed by atoms with E-state index in [1.165, 1.54) is 11.8 Å². The van der Waals surface area contributed by atoms with Crippen molar-refractivity contribution in [3.8, 4) is 0 Å². The zero-order valence-corrected chi connectivity index (χ0v) is 10.9. The Kier molecular flexibility index (Phi) is 6.08. The van der Waals surface area contributed by atoms with Gasteiger partial charge in [0.05, 0.1) is 0 Å². The third-order valence-electron chi connectivity index (χ3n) is 2.73. The van der Waals surface area contributed by atoms with E-state index in [1.807, 2.05) is 6.92 Å². The van der Waals surface area contributed by atoms with Crippen LogP contribution in [-0.4, -0.2) is 35.0 Å². The van der Waals surface area contributed by atoms with Gasteiger partial charge in [-0.15, -0.1) is 0 Å². The van der Waals surface area contributed by atoms with Gasteiger partial charge in [0.15, 0.2) is 0 Å². The molecule has 0 heterocycles. The first-order valence-corrected chi connectivity index (χ1v) is 5.74. The molecule has 1 N–H and O–H groups in total. The van der Waals surface area contributed by atoms with Gasteiger partial charge in [-0.05, 0) is 25.2 Å². The Bertz CT molecular complexity index is 251. The number of carboxylic acid groups (broad SMARTS) is 1. The second-order valence-electron chi connectivity index (χ2n) is 4.96. The van der Waals surface area contributed by atoms with Gasteiger partial charge in [-0.3, -0.25) is 4.79 Å². The summed E-state index contributed by atoms with van der Waals surface area (Å²) in [6.07, 6.45) is 1.41. The van der Waals surface area contributed by atoms with Gasteiger partial charge in [0.25, 0.3) is 0 Å². The molecule has 2 unspecified atom stereocenters. The lowest BCUT2D eigenvalue weighted by Crippen LogP contribution is -2.40. The number of carboxylic acids is 1. The number of aliphatic carboxylic acids is 1. The van der Waals surface area contributed by atoms with Gasteiger partial charge < -0.3 is 10.0 Å². The van der Waals surface area contributed by atoms with Gasteiger partial charge in [-0.1, -0.05) is 20.8 Å². The molecule has 0 aromatic carbocycles. The van der Waals surface area contributed by atoms with Crippen molar-refractivity contribution in [3.63, 3.8) is 0 Å². The molecule has 0 fully saturated rings. The van der Waals surface area contributed by atoms with E-state index in [9.17, 15) is 9.59 Å². The Labute approximate surface area is 97.6 Å². The van der Waals surface area contributed by atoms with Crippen LogP contribution >= 0.6 is 0 Å². The van der Waals surface area contributed by atoms with E-state index < -0.39 is 12.0 Å². The topological polar surface area (TPSA) is 57.6 Å². The van der Waals surface area contributed by atoms with Crippen LogP contribution in [0.5, 0.6) is 0 Å². The van der Waals surface area contributed by atoms with Crippen molar-refractivity contribution in [2.24, 2.45) is 11.8 Å². The summed E-state index contributed by atoms with van der Waals surface area (Å²) < 4.78 is 0. The van der Waals surface area contributed by atoms with E-state index in [-0.39, 0.29) is 5.91 Å². The highest BCUT2D eigenvalue weighted by Crippen LogP contribution is 2.16. The van der Waals surface area contributed by atoms with Crippen LogP contribution in [-0.2, 0) is 9.59 Å². The number of hydrogen-bond acceptors (Lipinski definition) is 2. The molecule has 4 heteroatoms. The Hall–Kier alpha value is -1.06. The second-order valence-corrected chi connectivity index (χ2v) is 4.96. The predicted molar refractivity (Wildman–Crippen MR) is 63.1 cm³/mol. The molecule has 0 spiro atoms. The van der Waals surface area contributed by atoms with Gasteiger partial charge in [0.2, 0.25) is 5.91 Å². The first kappa shape index (κ1) is 14.9. The maximum absolute atomic E-state index is 11.7. The van der Waals surface area contributed by atoms with Crippen molar-refractivity contribution in [3.05, 3.63) is 0 Å². The van der Waals surface area contributed by atoms with Gasteiger partial charge in [0.1, 0.15) is 6.04 Å². The minimum atomic E-state index is -0.965. The lowest BCUT2D eigenvalue weighted by Gasteiger charge is -2.23. The molecule has 0 radical (unpaired) electrons. The summed E-state index contributed by atoms with van der Waals surface area (Å²) in [5.74, 6) is -0.198. The predicted octanol–water partition coefficient (Wildman–Crippen LogP) is 1.99. The molecule has 0 aromatic rings. The van der Waals surface area contributed by atoms with Crippen LogP contribution < -0.4 is 0 Å². The summed E-state index contributed by atoms with van der Waals surface area (Å²) in [7, 11) is 1.54. The van der Waals surface area contributed by atoms with Gasteiger partial charge in [-0.2, -0.15) is 0 Å². The van der Waals surface area contributed by atoms with Crippen molar-refractivity contribution >= 4 is 11.9 Å². The normalized spacial score (nSPS) is 14.6. The molecule has 4 nitrogen and oxygen atoms in total. The van der Waals surface area contributed by atoms with Crippen LogP contribution in [0.2, 0.25) is 0 Å². The largest absolute Gasteiger partial charge is 0.480 e. The second kappa shape index (κ2) is 6.51. The standard InChI is InChI=1S/C12H23NO3/c1-8(2)6-9(3)7-11(14)13(5)10(4)12(15)16/h8-10H,6-7H2,1-5H3,(H,15,16). The Morgan fingerprint density at radius 2 is 1.69 bits per heavy atom. The zero-order chi connectivity index (χ0) is 12.9. The highest BCUT2D eigenvalue weighted by atomic mass is 16.4. The fourth-order valence-electron chi connectivity index (χ4n) is 1.71. The van der Waals surface area contributed by atoms with Crippen LogP contribution in [0.4, 0.5) is 0 Å². The van der Waals surface area contributed by atoms with Crippen LogP contribution in [0.3, 0.4) is 0 Å². The van der Waals surface area contributed by atoms with E-state index in [0.717, 1.165) is 6.42 Å². The van der Waals surface area contributed by atoms with E-state index in [4.69, 9.17) is 5.11 Å². The lowest BCUT2D eigenvalue weighted by atomic mass is 9.95. The van der Waals surface area contributed by atoms with Crippen molar-refractivity contribution in [1.82, 2.24) is 4.90 Å². The molecule has 0 aliphatic rings. The molecule has 2 atom stereocenters. The summed E-state index contributed by atoms with van der Waals surface area (Å²) in [4.78, 5) is 23.8. The van der Waals surface area contributed by atoms with Crippen LogP contribution in [0, 0.1) is 11.8 Å². The van der Waals surface area contributed by atoms with Gasteiger partial charge in [-0.25, -0.2) is 4.79 Å². The summed E-state index contributed by atoms with van der Waals surface area (Å²) >= 11 is 0. The van der Waals surface area contributed by atoms with Gasteiger partial charge in [0, 0.05) is 13.5 Å². The first-order valence-electron chi connectivity index (χ1n) is 5.74. The molecule has 16 heavy (non-hydrogen) atoms. The molecule has 94 valence electrons. The molecule has 0 saturated carbocycles. The molecular weight excluding hydrogens is 206 g/mol. The summed E-state index contributed by atoms with van der Waals surface area (Å²) in [6.45, 7) is 7.78. The van der Waals surface area contributed by atoms with E-state index >= 15 is 0 Å². The average Bonchev–Trinajstić information content (AvgIpc) is 2.13. The SMILES string of the molecule is CC(C)CC(C)CC(=O)N(C)C(C)C(=O)O. The molecule has 0 rings (SSSR count). The van der Waals surface area contributed by atoms with Crippen molar-refractivity contribution < 1.29 is 14.7 Å². The van der Waals surface area contributed by atoms with Crippen LogP contribution in [0.25, 0.3) is 0 Å². The summed E-state index contributed by atoms with van der Waals surface area (Å²) in [6, 6.07) is -0.751. The maximum atomic E-state index is 11.7. The highest BCUT2D eigenvalue weighted by molar-refractivity contribution is 5.83. The zero-order valence-electron chi connectivity index (χ0n) is 10.9. The van der Waals surface area contributed by atoms with Crippen molar-refractivity contribution in [2.75, 3.05) is 7.05 Å². The summed E-state index contributed by atoms with van der Waals surface area (Å²) in [5, 5.41) is 8.79.